The summed E-state index contributed by atoms with van der Waals surface area (Å²) in [6, 6.07) is 15.5. The lowest BCUT2D eigenvalue weighted by molar-refractivity contribution is -0.140. The van der Waals surface area contributed by atoms with E-state index in [0.717, 1.165) is 9.87 Å². The van der Waals surface area contributed by atoms with E-state index < -0.39 is 34.3 Å². The number of benzene rings is 3. The molecule has 43 heavy (non-hydrogen) atoms. The Bertz CT molecular complexity index is 1500. The van der Waals surface area contributed by atoms with Crippen LogP contribution in [0.2, 0.25) is 0 Å². The molecule has 3 rings (SSSR count). The minimum atomic E-state index is -4.26. The summed E-state index contributed by atoms with van der Waals surface area (Å²) in [4.78, 5) is 28.9. The lowest BCUT2D eigenvalue weighted by Crippen LogP contribution is -2.53. The molecule has 3 aromatic carbocycles. The van der Waals surface area contributed by atoms with Crippen molar-refractivity contribution in [3.63, 3.8) is 0 Å². The number of ether oxygens (including phenoxy) is 2. The van der Waals surface area contributed by atoms with E-state index in [4.69, 9.17) is 9.47 Å². The van der Waals surface area contributed by atoms with E-state index in [1.54, 1.807) is 25.1 Å². The van der Waals surface area contributed by atoms with E-state index >= 15 is 0 Å². The molecule has 0 spiro atoms. The number of carbonyl (C=O) groups is 2. The van der Waals surface area contributed by atoms with Crippen molar-refractivity contribution in [3.8, 4) is 11.5 Å². The van der Waals surface area contributed by atoms with Crippen molar-refractivity contribution >= 4 is 27.5 Å². The third kappa shape index (κ3) is 8.25. The highest BCUT2D eigenvalue weighted by Crippen LogP contribution is 2.34. The van der Waals surface area contributed by atoms with E-state index in [0.29, 0.717) is 17.7 Å². The van der Waals surface area contributed by atoms with E-state index in [-0.39, 0.29) is 41.2 Å². The maximum Gasteiger partial charge on any atom is 0.264 e. The minimum absolute atomic E-state index is 0.00711. The molecule has 1 N–H and O–H groups in total. The number of anilines is 1. The summed E-state index contributed by atoms with van der Waals surface area (Å²) in [5, 5.41) is 2.93. The van der Waals surface area contributed by atoms with Gasteiger partial charge in [-0.2, -0.15) is 0 Å². The zero-order valence-corrected chi connectivity index (χ0v) is 26.3. The summed E-state index contributed by atoms with van der Waals surface area (Å²) in [5.41, 5.74) is 1.63. The Morgan fingerprint density at radius 2 is 1.53 bits per heavy atom. The second kappa shape index (κ2) is 14.9. The van der Waals surface area contributed by atoms with Gasteiger partial charge in [0.1, 0.15) is 18.4 Å². The number of nitrogens with zero attached hydrogens (tertiary/aromatic N) is 2. The first kappa shape index (κ1) is 33.4. The fraction of sp³-hybridized carbons (Fsp3) is 0.375. The first-order chi connectivity index (χ1) is 20.4. The number of methoxy groups -OCH3 is 2. The van der Waals surface area contributed by atoms with Crippen molar-refractivity contribution in [3.05, 3.63) is 83.7 Å². The Hall–Kier alpha value is -4.12. The van der Waals surface area contributed by atoms with Gasteiger partial charge in [0, 0.05) is 18.7 Å². The smallest absolute Gasteiger partial charge is 0.264 e. The molecule has 2 amide bonds. The molecule has 11 heteroatoms. The van der Waals surface area contributed by atoms with Crippen LogP contribution in [0.4, 0.5) is 10.1 Å². The molecule has 0 saturated heterocycles. The van der Waals surface area contributed by atoms with Crippen molar-refractivity contribution in [1.82, 2.24) is 10.2 Å². The summed E-state index contributed by atoms with van der Waals surface area (Å²) in [6.45, 7) is 6.78. The van der Waals surface area contributed by atoms with Gasteiger partial charge < -0.3 is 19.7 Å². The number of hydrogen-bond acceptors (Lipinski definition) is 6. The standard InChI is InChI=1S/C32H40FN3O6S/c1-7-23(4)34-32(38)28(8-2)35(20-24-11-13-25(33)14-12-24)31(37)21-36(26-15-18-29(41-5)30(19-26)42-6)43(39,40)27-16-9-22(3)10-17-27/h9-19,23,28H,7-8,20-21H2,1-6H3,(H,34,38)/t23-,28+/m1/s1. The van der Waals surface area contributed by atoms with E-state index in [1.807, 2.05) is 20.8 Å². The molecule has 0 fully saturated rings. The number of aryl methyl sites for hydroxylation is 1. The maximum atomic E-state index is 14.2. The zero-order chi connectivity index (χ0) is 31.7. The van der Waals surface area contributed by atoms with Crippen LogP contribution in [0.3, 0.4) is 0 Å². The summed E-state index contributed by atoms with van der Waals surface area (Å²) in [5.74, 6) is -0.741. The molecule has 2 atom stereocenters. The number of sulfonamides is 1. The number of nitrogens with one attached hydrogen (secondary N) is 1. The van der Waals surface area contributed by atoms with Crippen LogP contribution >= 0.6 is 0 Å². The Labute approximate surface area is 253 Å². The molecular formula is C32H40FN3O6S. The van der Waals surface area contributed by atoms with Gasteiger partial charge in [-0.3, -0.25) is 13.9 Å². The van der Waals surface area contributed by atoms with E-state index in [9.17, 15) is 22.4 Å². The number of rotatable bonds is 14. The maximum absolute atomic E-state index is 14.2. The van der Waals surface area contributed by atoms with Crippen LogP contribution in [-0.4, -0.2) is 58.0 Å². The van der Waals surface area contributed by atoms with Crippen molar-refractivity contribution < 1.29 is 31.9 Å². The van der Waals surface area contributed by atoms with E-state index in [2.05, 4.69) is 5.32 Å². The molecule has 3 aromatic rings. The summed E-state index contributed by atoms with van der Waals surface area (Å²) < 4.78 is 53.6. The van der Waals surface area contributed by atoms with Gasteiger partial charge in [-0.1, -0.05) is 43.7 Å². The molecule has 0 aromatic heterocycles. The molecule has 0 bridgehead atoms. The molecule has 0 aliphatic carbocycles. The van der Waals surface area contributed by atoms with Gasteiger partial charge in [0.15, 0.2) is 11.5 Å². The number of hydrogen-bond donors (Lipinski definition) is 1. The quantitative estimate of drug-likeness (QED) is 0.272. The second-order valence-electron chi connectivity index (χ2n) is 10.3. The minimum Gasteiger partial charge on any atom is -0.493 e. The van der Waals surface area contributed by atoms with Gasteiger partial charge >= 0.3 is 0 Å². The van der Waals surface area contributed by atoms with Crippen LogP contribution in [0, 0.1) is 12.7 Å². The van der Waals surface area contributed by atoms with Gasteiger partial charge in [0.05, 0.1) is 24.8 Å². The molecule has 0 saturated carbocycles. The first-order valence-electron chi connectivity index (χ1n) is 14.1. The molecule has 0 unspecified atom stereocenters. The third-order valence-electron chi connectivity index (χ3n) is 7.20. The predicted octanol–water partition coefficient (Wildman–Crippen LogP) is 5.07. The normalized spacial score (nSPS) is 12.6. The average Bonchev–Trinajstić information content (AvgIpc) is 3.00. The second-order valence-corrected chi connectivity index (χ2v) is 12.1. The molecule has 9 nitrogen and oxygen atoms in total. The monoisotopic (exact) mass is 613 g/mol. The summed E-state index contributed by atoms with van der Waals surface area (Å²) in [6.07, 6.45) is 0.965. The van der Waals surface area contributed by atoms with Gasteiger partial charge in [-0.05, 0) is 68.7 Å². The Balaban J connectivity index is 2.11. The SMILES string of the molecule is CC[C@@H](C)NC(=O)[C@H](CC)N(Cc1ccc(F)cc1)C(=O)CN(c1ccc(OC)c(OC)c1)S(=O)(=O)c1ccc(C)cc1. The number of carbonyl (C=O) groups excluding carboxylic acids is 2. The highest BCUT2D eigenvalue weighted by atomic mass is 32.2. The van der Waals surface area contributed by atoms with Gasteiger partial charge in [-0.15, -0.1) is 0 Å². The van der Waals surface area contributed by atoms with Crippen LogP contribution in [0.1, 0.15) is 44.7 Å². The first-order valence-corrected chi connectivity index (χ1v) is 15.5. The van der Waals surface area contributed by atoms with Crippen molar-refractivity contribution in [1.29, 1.82) is 0 Å². The molecule has 0 aliphatic rings. The average molecular weight is 614 g/mol. The molecule has 0 heterocycles. The van der Waals surface area contributed by atoms with Gasteiger partial charge in [-0.25, -0.2) is 12.8 Å². The zero-order valence-electron chi connectivity index (χ0n) is 25.5. The Kier molecular flexibility index (Phi) is 11.5. The van der Waals surface area contributed by atoms with Crippen LogP contribution in [-0.2, 0) is 26.2 Å². The van der Waals surface area contributed by atoms with Crippen molar-refractivity contribution in [2.24, 2.45) is 0 Å². The van der Waals surface area contributed by atoms with Crippen LogP contribution in [0.15, 0.2) is 71.6 Å². The van der Waals surface area contributed by atoms with Crippen molar-refractivity contribution in [2.75, 3.05) is 25.1 Å². The fourth-order valence-electron chi connectivity index (χ4n) is 4.49. The lowest BCUT2D eigenvalue weighted by Gasteiger charge is -2.33. The molecular weight excluding hydrogens is 573 g/mol. The summed E-state index contributed by atoms with van der Waals surface area (Å²) in [7, 11) is -1.37. The van der Waals surface area contributed by atoms with Crippen LogP contribution in [0.5, 0.6) is 11.5 Å². The highest BCUT2D eigenvalue weighted by Gasteiger charge is 2.34. The Morgan fingerprint density at radius 3 is 2.09 bits per heavy atom. The fourth-order valence-corrected chi connectivity index (χ4v) is 5.90. The largest absolute Gasteiger partial charge is 0.493 e. The lowest BCUT2D eigenvalue weighted by atomic mass is 10.1. The van der Waals surface area contributed by atoms with Gasteiger partial charge in [0.25, 0.3) is 10.0 Å². The van der Waals surface area contributed by atoms with Crippen molar-refractivity contribution in [2.45, 2.75) is 64.1 Å². The molecule has 0 radical (unpaired) electrons. The molecule has 232 valence electrons. The predicted molar refractivity (Wildman–Crippen MR) is 164 cm³/mol. The Morgan fingerprint density at radius 1 is 0.907 bits per heavy atom. The third-order valence-corrected chi connectivity index (χ3v) is 8.98. The van der Waals surface area contributed by atoms with Gasteiger partial charge in [0.2, 0.25) is 11.8 Å². The summed E-state index contributed by atoms with van der Waals surface area (Å²) >= 11 is 0. The molecule has 0 aliphatic heterocycles. The number of halogens is 1. The van der Waals surface area contributed by atoms with E-state index in [1.165, 1.54) is 67.7 Å². The van der Waals surface area contributed by atoms with Crippen LogP contribution in [0.25, 0.3) is 0 Å². The highest BCUT2D eigenvalue weighted by molar-refractivity contribution is 7.92. The van der Waals surface area contributed by atoms with Crippen LogP contribution < -0.4 is 19.1 Å². The topological polar surface area (TPSA) is 105 Å². The number of amides is 2.